The van der Waals surface area contributed by atoms with E-state index in [9.17, 15) is 0 Å². The average molecular weight is 335 g/mol. The van der Waals surface area contributed by atoms with Crippen LogP contribution in [0.2, 0.25) is 0 Å². The largest absolute Gasteiger partial charge is 3.00 e. The van der Waals surface area contributed by atoms with Crippen molar-refractivity contribution in [1.29, 1.82) is 0 Å². The average Bonchev–Trinajstić information content (AvgIpc) is 2.24. The van der Waals surface area contributed by atoms with Crippen molar-refractivity contribution in [2.45, 2.75) is 0 Å². The predicted octanol–water partition coefficient (Wildman–Crippen LogP) is 3.16. The number of halogens is 3. The molecule has 17 heavy (non-hydrogen) atoms. The van der Waals surface area contributed by atoms with Crippen LogP contribution in [0.3, 0.4) is 0 Å². The molecule has 1 aromatic carbocycles. The van der Waals surface area contributed by atoms with Crippen LogP contribution in [0.25, 0.3) is 5.32 Å². The molecule has 2 nitrogen and oxygen atoms in total. The van der Waals surface area contributed by atoms with E-state index < -0.39 is 0 Å². The number of nitrogens with zero attached hydrogens (tertiary/aromatic N) is 1. The van der Waals surface area contributed by atoms with Gasteiger partial charge in [0.15, 0.2) is 0 Å². The van der Waals surface area contributed by atoms with Crippen LogP contribution in [-0.2, 0) is 21.7 Å². The standard InChI is InChI=1S/C6H5.C4H9N2.CH3.3ClH.Ti/c1-2-4-6-5-3-1;1-2-6-4-3-5-1;;;;;/h1-5H;5H,1-4H2;1H3;3*1H;/q3*-1;;;;+3. The molecule has 0 atom stereocenters. The van der Waals surface area contributed by atoms with E-state index in [4.69, 9.17) is 0 Å². The van der Waals surface area contributed by atoms with Crippen LogP contribution in [0.15, 0.2) is 30.3 Å². The minimum absolute atomic E-state index is 0. The van der Waals surface area contributed by atoms with Gasteiger partial charge in [0, 0.05) is 0 Å². The van der Waals surface area contributed by atoms with E-state index in [0.717, 1.165) is 26.2 Å². The number of hydrogen-bond acceptors (Lipinski definition) is 1. The molecule has 99 valence electrons. The van der Waals surface area contributed by atoms with Gasteiger partial charge >= 0.3 is 21.7 Å². The van der Waals surface area contributed by atoms with E-state index in [1.807, 2.05) is 30.3 Å². The van der Waals surface area contributed by atoms with Crippen LogP contribution in [0.5, 0.6) is 0 Å². The molecule has 1 radical (unpaired) electrons. The Hall–Kier alpha value is 0.724. The van der Waals surface area contributed by atoms with E-state index in [2.05, 4.69) is 16.7 Å². The molecule has 0 amide bonds. The number of hydrogen-bond donors (Lipinski definition) is 1. The van der Waals surface area contributed by atoms with E-state index in [1.165, 1.54) is 0 Å². The van der Waals surface area contributed by atoms with Gasteiger partial charge in [0.2, 0.25) is 0 Å². The Labute approximate surface area is 139 Å². The smallest absolute Gasteiger partial charge is 0.660 e. The topological polar surface area (TPSA) is 26.1 Å². The first-order chi connectivity index (χ1) is 6.00. The van der Waals surface area contributed by atoms with Gasteiger partial charge in [-0.15, -0.1) is 50.3 Å². The maximum atomic E-state index is 4.11. The molecule has 1 aliphatic rings. The first kappa shape index (κ1) is 30.6. The third-order valence-electron chi connectivity index (χ3n) is 1.50. The molecule has 1 heterocycles. The molecular weight excluding hydrogens is 314 g/mol. The molecule has 0 saturated carbocycles. The maximum Gasteiger partial charge on any atom is 3.00 e. The van der Waals surface area contributed by atoms with Crippen molar-refractivity contribution in [3.05, 3.63) is 49.1 Å². The second-order valence-corrected chi connectivity index (χ2v) is 2.50. The number of benzene rings is 1. The maximum absolute atomic E-state index is 4.11. The van der Waals surface area contributed by atoms with Crippen molar-refractivity contribution in [1.82, 2.24) is 5.32 Å². The van der Waals surface area contributed by atoms with Gasteiger partial charge in [-0.3, -0.25) is 0 Å². The third-order valence-corrected chi connectivity index (χ3v) is 1.50. The Morgan fingerprint density at radius 2 is 1.35 bits per heavy atom. The fourth-order valence-electron chi connectivity index (χ4n) is 0.895. The van der Waals surface area contributed by atoms with Crippen molar-refractivity contribution in [3.63, 3.8) is 0 Å². The van der Waals surface area contributed by atoms with Gasteiger partial charge in [-0.05, 0) is 13.1 Å². The first-order valence-corrected chi connectivity index (χ1v) is 4.25. The van der Waals surface area contributed by atoms with Gasteiger partial charge in [0.1, 0.15) is 0 Å². The molecule has 2 rings (SSSR count). The Kier molecular flexibility index (Phi) is 46.0. The second-order valence-electron chi connectivity index (χ2n) is 2.50. The minimum Gasteiger partial charge on any atom is -0.660 e. The summed E-state index contributed by atoms with van der Waals surface area (Å²) >= 11 is 0. The molecule has 1 fully saturated rings. The number of piperazine rings is 1. The molecule has 1 saturated heterocycles. The second kappa shape index (κ2) is 25.5. The van der Waals surface area contributed by atoms with Crippen LogP contribution in [-0.4, -0.2) is 26.2 Å². The molecule has 0 aliphatic carbocycles. The van der Waals surface area contributed by atoms with Gasteiger partial charge < -0.3 is 18.1 Å². The summed E-state index contributed by atoms with van der Waals surface area (Å²) in [6.45, 7) is 4.19. The van der Waals surface area contributed by atoms with Gasteiger partial charge in [-0.25, -0.2) is 0 Å². The van der Waals surface area contributed by atoms with Gasteiger partial charge in [-0.2, -0.15) is 36.4 Å². The normalized spacial score (nSPS) is 11.3. The molecule has 0 spiro atoms. The summed E-state index contributed by atoms with van der Waals surface area (Å²) in [5.41, 5.74) is 0. The third kappa shape index (κ3) is 22.4. The van der Waals surface area contributed by atoms with Crippen molar-refractivity contribution in [2.24, 2.45) is 0 Å². The molecular formula is C11H20Cl3N2Ti. The summed E-state index contributed by atoms with van der Waals surface area (Å²) < 4.78 is 0. The first-order valence-electron chi connectivity index (χ1n) is 4.25. The van der Waals surface area contributed by atoms with Gasteiger partial charge in [0.25, 0.3) is 0 Å². The molecule has 0 unspecified atom stereocenters. The molecule has 1 N–H and O–H groups in total. The van der Waals surface area contributed by atoms with Crippen molar-refractivity contribution in [3.8, 4) is 0 Å². The van der Waals surface area contributed by atoms with Crippen molar-refractivity contribution in [2.75, 3.05) is 26.2 Å². The monoisotopic (exact) mass is 333 g/mol. The Bertz CT molecular complexity index is 149. The summed E-state index contributed by atoms with van der Waals surface area (Å²) in [6, 6.07) is 12.5. The summed E-state index contributed by atoms with van der Waals surface area (Å²) in [6.07, 6.45) is 0. The van der Waals surface area contributed by atoms with Crippen LogP contribution < -0.4 is 5.32 Å². The number of rotatable bonds is 0. The van der Waals surface area contributed by atoms with Gasteiger partial charge in [0.05, 0.1) is 0 Å². The summed E-state index contributed by atoms with van der Waals surface area (Å²) in [7, 11) is 0. The Balaban J connectivity index is -0.0000000436. The zero-order valence-electron chi connectivity index (χ0n) is 9.89. The number of nitrogens with one attached hydrogen (secondary N) is 1. The summed E-state index contributed by atoms with van der Waals surface area (Å²) in [5, 5.41) is 7.31. The van der Waals surface area contributed by atoms with Crippen molar-refractivity contribution < 1.29 is 21.7 Å². The fourth-order valence-corrected chi connectivity index (χ4v) is 0.895. The zero-order valence-corrected chi connectivity index (χ0v) is 13.9. The van der Waals surface area contributed by atoms with E-state index >= 15 is 0 Å². The van der Waals surface area contributed by atoms with E-state index in [0.29, 0.717) is 0 Å². The summed E-state index contributed by atoms with van der Waals surface area (Å²) in [4.78, 5) is 0. The van der Waals surface area contributed by atoms with Crippen LogP contribution in [0, 0.1) is 13.5 Å². The summed E-state index contributed by atoms with van der Waals surface area (Å²) in [5.74, 6) is 0. The molecule has 1 aromatic rings. The van der Waals surface area contributed by atoms with Gasteiger partial charge in [-0.1, -0.05) is 0 Å². The predicted molar refractivity (Wildman–Crippen MR) is 79.4 cm³/mol. The van der Waals surface area contributed by atoms with Crippen LogP contribution in [0.1, 0.15) is 0 Å². The quantitative estimate of drug-likeness (QED) is 0.572. The van der Waals surface area contributed by atoms with E-state index in [1.54, 1.807) is 0 Å². The van der Waals surface area contributed by atoms with Crippen molar-refractivity contribution >= 4 is 37.2 Å². The molecule has 0 aromatic heterocycles. The fraction of sp³-hybridized carbons (Fsp3) is 0.364. The van der Waals surface area contributed by atoms with E-state index in [-0.39, 0.29) is 66.4 Å². The molecule has 6 heteroatoms. The Morgan fingerprint density at radius 3 is 1.47 bits per heavy atom. The van der Waals surface area contributed by atoms with Crippen LogP contribution in [0.4, 0.5) is 0 Å². The molecule has 0 bridgehead atoms. The zero-order chi connectivity index (χ0) is 8.49. The Morgan fingerprint density at radius 1 is 0.882 bits per heavy atom. The minimum atomic E-state index is 0. The molecule has 1 aliphatic heterocycles. The SMILES string of the molecule is C1CNCC[N-]1.Cl.Cl.Cl.[CH3-].[Ti+3].[c-]1ccccc1. The van der Waals surface area contributed by atoms with Crippen LogP contribution >= 0.6 is 37.2 Å².